The molecule has 0 saturated carbocycles. The first kappa shape index (κ1) is 25.6. The smallest absolute Gasteiger partial charge is 0.281 e. The molecule has 0 radical (unpaired) electrons. The number of carbonyl (C=O) groups excluding carboxylic acids is 2. The standard InChI is InChI=1S/C25H25N5O4S/c1-3-4-6-17(12-13-26)29-23(32)20(15-27)22(31)16(2)33-18-8-10-19(11-9-18)34-25-30-21-7-5-14-28-24(21)35-25/h5,7-11,14,16-17,20H,3-4,6,12H2,1-2H3,(H,29,32). The number of thiazole rings is 1. The van der Waals surface area contributed by atoms with E-state index in [0.29, 0.717) is 23.1 Å². The third kappa shape index (κ3) is 6.98. The number of amides is 1. The van der Waals surface area contributed by atoms with Crippen LogP contribution in [0.1, 0.15) is 39.5 Å². The predicted molar refractivity (Wildman–Crippen MR) is 130 cm³/mol. The average molecular weight is 492 g/mol. The van der Waals surface area contributed by atoms with Crippen molar-refractivity contribution in [3.8, 4) is 28.8 Å². The second-order valence-corrected chi connectivity index (χ2v) is 8.76. The number of aromatic nitrogens is 2. The minimum atomic E-state index is -1.52. The summed E-state index contributed by atoms with van der Waals surface area (Å²) >= 11 is 1.32. The number of ether oxygens (including phenoxy) is 2. The van der Waals surface area contributed by atoms with Gasteiger partial charge in [0.15, 0.2) is 17.8 Å². The fraction of sp³-hybridized carbons (Fsp3) is 0.360. The van der Waals surface area contributed by atoms with Crippen LogP contribution in [0.15, 0.2) is 42.6 Å². The number of carbonyl (C=O) groups is 2. The Morgan fingerprint density at radius 1 is 1.17 bits per heavy atom. The Morgan fingerprint density at radius 3 is 2.57 bits per heavy atom. The van der Waals surface area contributed by atoms with E-state index in [0.717, 1.165) is 23.2 Å². The topological polar surface area (TPSA) is 138 Å². The van der Waals surface area contributed by atoms with Crippen molar-refractivity contribution in [3.63, 3.8) is 0 Å². The van der Waals surface area contributed by atoms with Crippen molar-refractivity contribution < 1.29 is 19.1 Å². The molecule has 0 aliphatic rings. The van der Waals surface area contributed by atoms with E-state index in [9.17, 15) is 14.9 Å². The summed E-state index contributed by atoms with van der Waals surface area (Å²) in [6, 6.07) is 13.6. The number of Topliss-reactive ketones (excluding diaryl/α,β-unsaturated/α-hetero) is 1. The number of pyridine rings is 1. The van der Waals surface area contributed by atoms with Crippen molar-refractivity contribution in [1.82, 2.24) is 15.3 Å². The van der Waals surface area contributed by atoms with Crippen molar-refractivity contribution in [2.75, 3.05) is 0 Å². The summed E-state index contributed by atoms with van der Waals surface area (Å²) < 4.78 is 11.4. The summed E-state index contributed by atoms with van der Waals surface area (Å²) in [4.78, 5) is 34.7. The SMILES string of the molecule is CCCCC(CC#N)NC(=O)C(C#N)C(=O)C(C)Oc1ccc(Oc2nc3cccnc3s2)cc1. The number of nitrogens with one attached hydrogen (secondary N) is 1. The molecular weight excluding hydrogens is 466 g/mol. The normalized spacial score (nSPS) is 13.1. The highest BCUT2D eigenvalue weighted by atomic mass is 32.1. The van der Waals surface area contributed by atoms with Crippen LogP contribution in [0.3, 0.4) is 0 Å². The molecule has 0 bridgehead atoms. The third-order valence-electron chi connectivity index (χ3n) is 5.16. The molecule has 3 atom stereocenters. The van der Waals surface area contributed by atoms with E-state index in [1.54, 1.807) is 42.6 Å². The highest BCUT2D eigenvalue weighted by Crippen LogP contribution is 2.30. The summed E-state index contributed by atoms with van der Waals surface area (Å²) in [7, 11) is 0. The first-order valence-corrected chi connectivity index (χ1v) is 12.0. The lowest BCUT2D eigenvalue weighted by atomic mass is 9.99. The number of hydrogen-bond donors (Lipinski definition) is 1. The summed E-state index contributed by atoms with van der Waals surface area (Å²) in [6.07, 6.45) is 3.12. The van der Waals surface area contributed by atoms with Crippen LogP contribution in [0.25, 0.3) is 10.3 Å². The van der Waals surface area contributed by atoms with Gasteiger partial charge in [-0.3, -0.25) is 9.59 Å². The van der Waals surface area contributed by atoms with Crippen LogP contribution in [0.5, 0.6) is 16.7 Å². The Hall–Kier alpha value is -4.02. The van der Waals surface area contributed by atoms with E-state index < -0.39 is 29.8 Å². The molecule has 0 fully saturated rings. The molecule has 3 rings (SSSR count). The molecule has 1 aromatic carbocycles. The van der Waals surface area contributed by atoms with Crippen molar-refractivity contribution in [2.24, 2.45) is 5.92 Å². The lowest BCUT2D eigenvalue weighted by Crippen LogP contribution is -2.44. The number of hydrogen-bond acceptors (Lipinski definition) is 9. The monoisotopic (exact) mass is 491 g/mol. The van der Waals surface area contributed by atoms with E-state index in [-0.39, 0.29) is 6.42 Å². The molecule has 2 heterocycles. The van der Waals surface area contributed by atoms with Gasteiger partial charge in [-0.2, -0.15) is 10.5 Å². The number of unbranched alkanes of at least 4 members (excludes halogenated alkanes) is 1. The van der Waals surface area contributed by atoms with E-state index >= 15 is 0 Å². The maximum Gasteiger partial charge on any atom is 0.281 e. The lowest BCUT2D eigenvalue weighted by molar-refractivity contribution is -0.135. The molecule has 3 unspecified atom stereocenters. The van der Waals surface area contributed by atoms with Gasteiger partial charge in [0.1, 0.15) is 21.8 Å². The number of rotatable bonds is 12. The zero-order valence-corrected chi connectivity index (χ0v) is 20.2. The van der Waals surface area contributed by atoms with Gasteiger partial charge < -0.3 is 14.8 Å². The van der Waals surface area contributed by atoms with Gasteiger partial charge in [0.2, 0.25) is 5.91 Å². The van der Waals surface area contributed by atoms with Gasteiger partial charge in [0, 0.05) is 12.2 Å². The van der Waals surface area contributed by atoms with E-state index in [1.807, 2.05) is 19.1 Å². The van der Waals surface area contributed by atoms with E-state index in [4.69, 9.17) is 14.7 Å². The summed E-state index contributed by atoms with van der Waals surface area (Å²) in [5.74, 6) is -1.98. The molecule has 1 amide bonds. The highest BCUT2D eigenvalue weighted by Gasteiger charge is 2.32. The second kappa shape index (κ2) is 12.4. The molecule has 1 N–H and O–H groups in total. The largest absolute Gasteiger partial charge is 0.483 e. The van der Waals surface area contributed by atoms with Gasteiger partial charge in [-0.1, -0.05) is 31.1 Å². The summed E-state index contributed by atoms with van der Waals surface area (Å²) in [6.45, 7) is 3.49. The van der Waals surface area contributed by atoms with Gasteiger partial charge in [0.05, 0.1) is 18.6 Å². The van der Waals surface area contributed by atoms with Gasteiger partial charge in [-0.15, -0.1) is 0 Å². The first-order chi connectivity index (χ1) is 16.9. The number of benzene rings is 1. The number of ketones is 1. The van der Waals surface area contributed by atoms with Crippen LogP contribution in [-0.2, 0) is 9.59 Å². The van der Waals surface area contributed by atoms with Crippen LogP contribution in [0.4, 0.5) is 0 Å². The number of nitriles is 2. The molecule has 0 spiro atoms. The molecule has 0 aliphatic carbocycles. The van der Waals surface area contributed by atoms with E-state index in [1.165, 1.54) is 18.3 Å². The van der Waals surface area contributed by atoms with E-state index in [2.05, 4.69) is 15.3 Å². The maximum absolute atomic E-state index is 12.8. The van der Waals surface area contributed by atoms with Crippen LogP contribution >= 0.6 is 11.3 Å². The average Bonchev–Trinajstić information content (AvgIpc) is 3.26. The molecule has 35 heavy (non-hydrogen) atoms. The second-order valence-electron chi connectivity index (χ2n) is 7.82. The Morgan fingerprint density at radius 2 is 1.91 bits per heavy atom. The number of fused-ring (bicyclic) bond motifs is 1. The van der Waals surface area contributed by atoms with Crippen molar-refractivity contribution in [3.05, 3.63) is 42.6 Å². The molecule has 2 aromatic heterocycles. The highest BCUT2D eigenvalue weighted by molar-refractivity contribution is 7.19. The molecule has 0 aliphatic heterocycles. The molecule has 10 heteroatoms. The van der Waals surface area contributed by atoms with Crippen LogP contribution < -0.4 is 14.8 Å². The zero-order chi connectivity index (χ0) is 25.2. The predicted octanol–water partition coefficient (Wildman–Crippen LogP) is 4.55. The molecule has 9 nitrogen and oxygen atoms in total. The van der Waals surface area contributed by atoms with Crippen molar-refractivity contribution in [1.29, 1.82) is 10.5 Å². The minimum Gasteiger partial charge on any atom is -0.483 e. The van der Waals surface area contributed by atoms with Crippen molar-refractivity contribution in [2.45, 2.75) is 51.7 Å². The molecule has 0 saturated heterocycles. The number of nitrogens with zero attached hydrogens (tertiary/aromatic N) is 4. The fourth-order valence-corrected chi connectivity index (χ4v) is 4.08. The van der Waals surface area contributed by atoms with Gasteiger partial charge in [-0.25, -0.2) is 9.97 Å². The quantitative estimate of drug-likeness (QED) is 0.364. The van der Waals surface area contributed by atoms with Gasteiger partial charge in [0.25, 0.3) is 5.19 Å². The summed E-state index contributed by atoms with van der Waals surface area (Å²) in [5.41, 5.74) is 0.750. The maximum atomic E-state index is 12.8. The van der Waals surface area contributed by atoms with Crippen molar-refractivity contribution >= 4 is 33.4 Å². The molecular formula is C25H25N5O4S. The van der Waals surface area contributed by atoms with Crippen LogP contribution in [0, 0.1) is 28.6 Å². The zero-order valence-electron chi connectivity index (χ0n) is 19.4. The molecule has 3 aromatic rings. The Bertz CT molecular complexity index is 1210. The molecule has 180 valence electrons. The van der Waals surface area contributed by atoms with Crippen LogP contribution in [-0.4, -0.2) is 33.8 Å². The third-order valence-corrected chi connectivity index (χ3v) is 6.01. The minimum absolute atomic E-state index is 0.117. The van der Waals surface area contributed by atoms with Gasteiger partial charge >= 0.3 is 0 Å². The fourth-order valence-electron chi connectivity index (χ4n) is 3.30. The summed E-state index contributed by atoms with van der Waals surface area (Å²) in [5, 5.41) is 21.5. The Kier molecular flexibility index (Phi) is 9.10. The van der Waals surface area contributed by atoms with Crippen LogP contribution in [0.2, 0.25) is 0 Å². The lowest BCUT2D eigenvalue weighted by Gasteiger charge is -2.20. The Balaban J connectivity index is 1.58. The Labute approximate surface area is 207 Å². The first-order valence-electron chi connectivity index (χ1n) is 11.2. The van der Waals surface area contributed by atoms with Gasteiger partial charge in [-0.05, 0) is 49.7 Å².